The summed E-state index contributed by atoms with van der Waals surface area (Å²) in [6, 6.07) is 23.4. The molecule has 18 heteroatoms. The fourth-order valence-corrected chi connectivity index (χ4v) is 15.9. The first kappa shape index (κ1) is 112. The first-order valence-electron chi connectivity index (χ1n) is 47.6. The van der Waals surface area contributed by atoms with Gasteiger partial charge in [0.25, 0.3) is 0 Å². The van der Waals surface area contributed by atoms with Crippen LogP contribution in [0.5, 0.6) is 34.5 Å². The number of carbonyl (C=O) groups is 6. The van der Waals surface area contributed by atoms with Gasteiger partial charge in [0.15, 0.2) is 0 Å². The molecule has 0 bridgehead atoms. The van der Waals surface area contributed by atoms with Crippen LogP contribution in [0.15, 0.2) is 72.8 Å². The molecule has 0 heterocycles. The van der Waals surface area contributed by atoms with E-state index in [0.717, 1.165) is 126 Å². The van der Waals surface area contributed by atoms with Crippen LogP contribution >= 0.6 is 0 Å². The number of hydrogen-bond donors (Lipinski definition) is 6. The molecule has 730 valence electrons. The molecule has 0 radical (unpaired) electrons. The summed E-state index contributed by atoms with van der Waals surface area (Å²) < 4.78 is 35.4. The lowest BCUT2D eigenvalue weighted by Gasteiger charge is -2.32. The van der Waals surface area contributed by atoms with Crippen LogP contribution in [0, 0.1) is 5.41 Å². The summed E-state index contributed by atoms with van der Waals surface area (Å²) in [7, 11) is 0. The van der Waals surface area contributed by atoms with E-state index in [9.17, 15) is 59.4 Å². The molecule has 0 aromatic heterocycles. The molecule has 6 aromatic carbocycles. The number of carbonyl (C=O) groups excluding carboxylic acids is 6. The van der Waals surface area contributed by atoms with E-state index in [1.54, 1.807) is 0 Å². The fraction of sp³-hybridized carbons (Fsp3) is 0.628. The third-order valence-electron chi connectivity index (χ3n) is 24.1. The van der Waals surface area contributed by atoms with E-state index in [1.165, 1.54) is 0 Å². The standard InChI is InChI=1S/C73H108O12.C40H62O6/c1-65(2,3)49-33-45(34-50(61(49)78)66(4,5)6)25-29-57(74)82-41-73(42-83-58(75)30-26-46-35-51(67(7,8)9)62(79)52(36-46)68(10,11)12,43-84-59(76)31-27-47-37-53(69(13,14)15)63(80)54(38-47)70(16,17)18)44-85-60(77)32-28-48-39-55(71(19,20)21)64(81)56(40-48)72(22,23)24;1-37(2,3)29-23-27(24-30(35(29)43)38(4,5)6)17-19-33(41)45-21-15-13-14-16-22-46-34(42)20-18-28-25-31(39(7,8)9)36(44)32(26-28)40(10,11)12/h33-40,78-81H,25-32,41-44H2,1-24H3;23-26,43-44H,13-22H2,1-12H3. The highest BCUT2D eigenvalue weighted by atomic mass is 16.6. The van der Waals surface area contributed by atoms with Crippen molar-refractivity contribution in [2.75, 3.05) is 39.6 Å². The number of hydrogen-bond acceptors (Lipinski definition) is 18. The topological polar surface area (TPSA) is 279 Å². The molecule has 0 fully saturated rings. The van der Waals surface area contributed by atoms with Crippen molar-refractivity contribution in [3.63, 3.8) is 0 Å². The highest BCUT2D eigenvalue weighted by Crippen LogP contribution is 2.48. The number of phenolic OH excluding ortho intramolecular Hbond substituents is 6. The number of ether oxygens (including phenoxy) is 6. The molecule has 18 nitrogen and oxygen atoms in total. The second-order valence-electron chi connectivity index (χ2n) is 49.2. The van der Waals surface area contributed by atoms with E-state index in [2.05, 4.69) is 83.1 Å². The molecule has 0 amide bonds. The maximum atomic E-state index is 14.1. The molecule has 131 heavy (non-hydrogen) atoms. The highest BCUT2D eigenvalue weighted by molar-refractivity contribution is 5.73. The van der Waals surface area contributed by atoms with E-state index < -0.39 is 99.0 Å². The van der Waals surface area contributed by atoms with Gasteiger partial charge >= 0.3 is 35.8 Å². The van der Waals surface area contributed by atoms with Crippen LogP contribution in [0.4, 0.5) is 0 Å². The van der Waals surface area contributed by atoms with Crippen LogP contribution < -0.4 is 0 Å². The number of aryl methyl sites for hydroxylation is 6. The summed E-state index contributed by atoms with van der Waals surface area (Å²) in [5.74, 6) is -1.22. The Hall–Kier alpha value is -9.06. The summed E-state index contributed by atoms with van der Waals surface area (Å²) >= 11 is 0. The molecule has 6 N–H and O–H groups in total. The average molecular weight is 1820 g/mol. The molecule has 0 unspecified atom stereocenters. The molecule has 0 aliphatic rings. The second kappa shape index (κ2) is 44.0. The first-order valence-corrected chi connectivity index (χ1v) is 47.6. The van der Waals surface area contributed by atoms with Crippen LogP contribution in [-0.4, -0.2) is 106 Å². The molecular formula is C113H170O18. The lowest BCUT2D eigenvalue weighted by atomic mass is 9.78. The van der Waals surface area contributed by atoms with Crippen LogP contribution in [0.2, 0.25) is 0 Å². The van der Waals surface area contributed by atoms with Gasteiger partial charge in [-0.3, -0.25) is 28.8 Å². The quantitative estimate of drug-likeness (QED) is 0.0127. The normalized spacial score (nSPS) is 13.0. The van der Waals surface area contributed by atoms with Gasteiger partial charge in [-0.15, -0.1) is 0 Å². The second-order valence-corrected chi connectivity index (χ2v) is 49.2. The van der Waals surface area contributed by atoms with Crippen molar-refractivity contribution in [2.45, 2.75) is 417 Å². The Labute approximate surface area is 788 Å². The number of phenols is 6. The van der Waals surface area contributed by atoms with Gasteiger partial charge in [0, 0.05) is 38.5 Å². The number of aromatic hydroxyl groups is 6. The number of rotatable bonds is 33. The van der Waals surface area contributed by atoms with Crippen molar-refractivity contribution >= 4 is 35.8 Å². The number of benzene rings is 6. The van der Waals surface area contributed by atoms with E-state index >= 15 is 0 Å². The van der Waals surface area contributed by atoms with Crippen molar-refractivity contribution in [2.24, 2.45) is 5.41 Å². The predicted octanol–water partition coefficient (Wildman–Crippen LogP) is 25.4. The Bertz CT molecular complexity index is 4190. The van der Waals surface area contributed by atoms with Gasteiger partial charge in [0.05, 0.1) is 13.2 Å². The average Bonchev–Trinajstić information content (AvgIpc) is 0.805. The van der Waals surface area contributed by atoms with E-state index in [-0.39, 0.29) is 108 Å². The lowest BCUT2D eigenvalue weighted by Crippen LogP contribution is -2.44. The van der Waals surface area contributed by atoms with Crippen LogP contribution in [-0.2, 0) is 161 Å². The summed E-state index contributed by atoms with van der Waals surface area (Å²) in [6.45, 7) is 72.5. The van der Waals surface area contributed by atoms with Crippen molar-refractivity contribution in [3.05, 3.63) is 173 Å². The minimum absolute atomic E-state index is 0.0629. The van der Waals surface area contributed by atoms with Crippen molar-refractivity contribution in [3.8, 4) is 34.5 Å². The number of unbranched alkanes of at least 4 members (excludes halogenated alkanes) is 3. The molecule has 0 aliphatic heterocycles. The Kier molecular flexibility index (Phi) is 37.7. The Morgan fingerprint density at radius 1 is 0.191 bits per heavy atom. The molecular weight excluding hydrogens is 1650 g/mol. The Morgan fingerprint density at radius 3 is 0.420 bits per heavy atom. The number of esters is 6. The van der Waals surface area contributed by atoms with E-state index in [1.807, 2.05) is 239 Å². The maximum absolute atomic E-state index is 14.1. The van der Waals surface area contributed by atoms with Gasteiger partial charge in [-0.25, -0.2) is 0 Å². The SMILES string of the molecule is CC(C)(C)c1cc(CCC(=O)OCC(COC(=O)CCc2cc(C(C)(C)C)c(O)c(C(C)(C)C)c2)(COC(=O)CCc2cc(C(C)(C)C)c(O)c(C(C)(C)C)c2)COC(=O)CCc2cc(C(C)(C)C)c(O)c(C(C)(C)C)c2)cc(C(C)(C)C)c1O.CC(C)(C)c1cc(CCC(=O)OCCCCCCOC(=O)CCc2cc(C(C)(C)C)c(O)c(C(C)(C)C)c2)cc(C(C)(C)C)c1O. The van der Waals surface area contributed by atoms with Crippen molar-refractivity contribution in [1.82, 2.24) is 0 Å². The molecule has 0 spiro atoms. The molecule has 0 saturated heterocycles. The van der Waals surface area contributed by atoms with Gasteiger partial charge in [0.1, 0.15) is 66.3 Å². The lowest BCUT2D eigenvalue weighted by molar-refractivity contribution is -0.171. The largest absolute Gasteiger partial charge is 0.507 e. The summed E-state index contributed by atoms with van der Waals surface area (Å²) in [5, 5.41) is 67.5. The minimum atomic E-state index is -1.58. The van der Waals surface area contributed by atoms with E-state index in [4.69, 9.17) is 28.4 Å². The molecule has 6 aromatic rings. The summed E-state index contributed by atoms with van der Waals surface area (Å²) in [5.41, 5.74) is 9.45. The first-order chi connectivity index (χ1) is 59.5. The third-order valence-corrected chi connectivity index (χ3v) is 24.1. The van der Waals surface area contributed by atoms with Crippen LogP contribution in [0.1, 0.15) is 414 Å². The molecule has 0 aliphatic carbocycles. The van der Waals surface area contributed by atoms with Gasteiger partial charge in [0.2, 0.25) is 0 Å². The maximum Gasteiger partial charge on any atom is 0.306 e. The van der Waals surface area contributed by atoms with Crippen molar-refractivity contribution < 1.29 is 87.8 Å². The zero-order valence-electron chi connectivity index (χ0n) is 87.6. The molecule has 0 saturated carbocycles. The zero-order chi connectivity index (χ0) is 100. The molecule has 0 atom stereocenters. The third kappa shape index (κ3) is 34.1. The Morgan fingerprint density at radius 2 is 0.305 bits per heavy atom. The smallest absolute Gasteiger partial charge is 0.306 e. The van der Waals surface area contributed by atoms with E-state index in [0.29, 0.717) is 50.4 Å². The highest BCUT2D eigenvalue weighted by Gasteiger charge is 2.40. The fourth-order valence-electron chi connectivity index (χ4n) is 15.9. The molecule has 6 rings (SSSR count). The van der Waals surface area contributed by atoms with Gasteiger partial charge < -0.3 is 59.1 Å². The van der Waals surface area contributed by atoms with Gasteiger partial charge in [-0.1, -0.05) is 322 Å². The van der Waals surface area contributed by atoms with Gasteiger partial charge in [-0.05, 0) is 229 Å². The van der Waals surface area contributed by atoms with Crippen LogP contribution in [0.3, 0.4) is 0 Å². The van der Waals surface area contributed by atoms with Crippen LogP contribution in [0.25, 0.3) is 0 Å². The monoisotopic (exact) mass is 1820 g/mol. The van der Waals surface area contributed by atoms with Crippen molar-refractivity contribution in [1.29, 1.82) is 0 Å². The van der Waals surface area contributed by atoms with Gasteiger partial charge in [-0.2, -0.15) is 0 Å². The Balaban J connectivity index is 0.000000555. The predicted molar refractivity (Wildman–Crippen MR) is 530 cm³/mol. The summed E-state index contributed by atoms with van der Waals surface area (Å²) in [4.78, 5) is 81.3. The zero-order valence-corrected chi connectivity index (χ0v) is 87.6. The summed E-state index contributed by atoms with van der Waals surface area (Å²) in [6.07, 6.45) is 5.92. The minimum Gasteiger partial charge on any atom is -0.507 e.